The third-order valence-corrected chi connectivity index (χ3v) is 4.47. The Bertz CT molecular complexity index is 727. The highest BCUT2D eigenvalue weighted by molar-refractivity contribution is 6.21. The first-order valence-electron chi connectivity index (χ1n) is 7.38. The van der Waals surface area contributed by atoms with E-state index >= 15 is 0 Å². The lowest BCUT2D eigenvalue weighted by Crippen LogP contribution is -2.33. The van der Waals surface area contributed by atoms with E-state index in [4.69, 9.17) is 5.11 Å². The Labute approximate surface area is 132 Å². The second-order valence-electron chi connectivity index (χ2n) is 5.95. The van der Waals surface area contributed by atoms with E-state index in [-0.39, 0.29) is 23.4 Å². The summed E-state index contributed by atoms with van der Waals surface area (Å²) < 4.78 is 0. The van der Waals surface area contributed by atoms with Crippen molar-refractivity contribution >= 4 is 23.7 Å². The van der Waals surface area contributed by atoms with Crippen LogP contribution in [-0.4, -0.2) is 46.8 Å². The summed E-state index contributed by atoms with van der Waals surface area (Å²) in [5, 5.41) is 11.8. The zero-order valence-electron chi connectivity index (χ0n) is 12.5. The van der Waals surface area contributed by atoms with Gasteiger partial charge in [0.1, 0.15) is 0 Å². The number of carbonyl (C=O) groups is 4. The molecule has 1 aromatic rings. The number of nitrogens with zero attached hydrogens (tertiary/aromatic N) is 1. The molecule has 0 radical (unpaired) electrons. The van der Waals surface area contributed by atoms with Gasteiger partial charge in [-0.1, -0.05) is 0 Å². The van der Waals surface area contributed by atoms with Crippen LogP contribution < -0.4 is 5.32 Å². The molecule has 7 nitrogen and oxygen atoms in total. The van der Waals surface area contributed by atoms with Crippen molar-refractivity contribution in [3.8, 4) is 0 Å². The standard InChI is InChI=1S/C16H16N2O5/c1-18-14(20)11-5-3-8(7-12(11)15(18)21)13(19)17-10-4-2-9(6-10)16(22)23/h3,5,7,9-10H,2,4,6H2,1H3,(H,17,19)(H,22,23)/t9-,10+/m0/s1. The van der Waals surface area contributed by atoms with Gasteiger partial charge in [-0.25, -0.2) is 0 Å². The van der Waals surface area contributed by atoms with E-state index in [2.05, 4.69) is 5.32 Å². The van der Waals surface area contributed by atoms with Gasteiger partial charge in [-0.05, 0) is 37.5 Å². The quantitative estimate of drug-likeness (QED) is 0.806. The van der Waals surface area contributed by atoms with Crippen molar-refractivity contribution in [2.75, 3.05) is 7.05 Å². The van der Waals surface area contributed by atoms with E-state index in [9.17, 15) is 19.2 Å². The van der Waals surface area contributed by atoms with Crippen LogP contribution in [0.2, 0.25) is 0 Å². The SMILES string of the molecule is CN1C(=O)c2ccc(C(=O)N[C@@H]3CC[C@H](C(=O)O)C3)cc2C1=O. The number of nitrogens with one attached hydrogen (secondary N) is 1. The molecule has 3 rings (SSSR count). The van der Waals surface area contributed by atoms with Gasteiger partial charge in [0.15, 0.2) is 0 Å². The number of carboxylic acid groups (broad SMARTS) is 1. The van der Waals surface area contributed by atoms with Crippen molar-refractivity contribution in [2.24, 2.45) is 5.92 Å². The Hall–Kier alpha value is -2.70. The van der Waals surface area contributed by atoms with Crippen LogP contribution in [-0.2, 0) is 4.79 Å². The largest absolute Gasteiger partial charge is 0.481 e. The Morgan fingerprint density at radius 1 is 1.17 bits per heavy atom. The highest BCUT2D eigenvalue weighted by Crippen LogP contribution is 2.26. The number of benzene rings is 1. The van der Waals surface area contributed by atoms with Gasteiger partial charge in [0.05, 0.1) is 17.0 Å². The van der Waals surface area contributed by atoms with Gasteiger partial charge in [0.25, 0.3) is 17.7 Å². The maximum atomic E-state index is 12.3. The molecular formula is C16H16N2O5. The third kappa shape index (κ3) is 2.58. The second kappa shape index (κ2) is 5.49. The fourth-order valence-electron chi connectivity index (χ4n) is 3.11. The van der Waals surface area contributed by atoms with Crippen LogP contribution in [0.5, 0.6) is 0 Å². The summed E-state index contributed by atoms with van der Waals surface area (Å²) >= 11 is 0. The van der Waals surface area contributed by atoms with Gasteiger partial charge in [0, 0.05) is 18.7 Å². The van der Waals surface area contributed by atoms with Crippen LogP contribution in [0.25, 0.3) is 0 Å². The molecule has 0 unspecified atom stereocenters. The lowest BCUT2D eigenvalue weighted by molar-refractivity contribution is -0.141. The Kier molecular flexibility index (Phi) is 3.63. The number of amides is 3. The summed E-state index contributed by atoms with van der Waals surface area (Å²) in [7, 11) is 1.40. The smallest absolute Gasteiger partial charge is 0.306 e. The van der Waals surface area contributed by atoms with Gasteiger partial charge in [-0.15, -0.1) is 0 Å². The number of carbonyl (C=O) groups excluding carboxylic acids is 3. The van der Waals surface area contributed by atoms with E-state index in [1.807, 2.05) is 0 Å². The minimum atomic E-state index is -0.841. The molecule has 0 saturated heterocycles. The van der Waals surface area contributed by atoms with E-state index < -0.39 is 17.8 Å². The van der Waals surface area contributed by atoms with Gasteiger partial charge in [-0.2, -0.15) is 0 Å². The van der Waals surface area contributed by atoms with E-state index in [0.29, 0.717) is 30.4 Å². The fourth-order valence-corrected chi connectivity index (χ4v) is 3.11. The molecule has 1 aliphatic heterocycles. The summed E-state index contributed by atoms with van der Waals surface area (Å²) in [5.74, 6) is -2.43. The van der Waals surface area contributed by atoms with Gasteiger partial charge < -0.3 is 10.4 Å². The number of imide groups is 1. The summed E-state index contributed by atoms with van der Waals surface area (Å²) in [6.45, 7) is 0. The molecule has 23 heavy (non-hydrogen) atoms. The minimum Gasteiger partial charge on any atom is -0.481 e. The molecule has 1 aliphatic carbocycles. The number of hydrogen-bond donors (Lipinski definition) is 2. The molecule has 2 N–H and O–H groups in total. The first-order valence-corrected chi connectivity index (χ1v) is 7.38. The lowest BCUT2D eigenvalue weighted by atomic mass is 10.0. The molecular weight excluding hydrogens is 300 g/mol. The first-order chi connectivity index (χ1) is 10.9. The number of fused-ring (bicyclic) bond motifs is 1. The molecule has 7 heteroatoms. The highest BCUT2D eigenvalue weighted by Gasteiger charge is 2.34. The van der Waals surface area contributed by atoms with E-state index in [1.165, 1.54) is 25.2 Å². The Balaban J connectivity index is 1.74. The predicted molar refractivity (Wildman–Crippen MR) is 79.1 cm³/mol. The van der Waals surface area contributed by atoms with Crippen molar-refractivity contribution in [1.82, 2.24) is 10.2 Å². The van der Waals surface area contributed by atoms with E-state index in [1.54, 1.807) is 0 Å². The number of rotatable bonds is 3. The average molecular weight is 316 g/mol. The molecule has 2 aliphatic rings. The summed E-state index contributed by atoms with van der Waals surface area (Å²) in [6, 6.07) is 4.21. The molecule has 0 spiro atoms. The second-order valence-corrected chi connectivity index (χ2v) is 5.95. The van der Waals surface area contributed by atoms with Crippen LogP contribution in [0.15, 0.2) is 18.2 Å². The van der Waals surface area contributed by atoms with Crippen LogP contribution in [0.1, 0.15) is 50.3 Å². The van der Waals surface area contributed by atoms with Crippen LogP contribution in [0.3, 0.4) is 0 Å². The third-order valence-electron chi connectivity index (χ3n) is 4.47. The van der Waals surface area contributed by atoms with Crippen molar-refractivity contribution < 1.29 is 24.3 Å². The maximum Gasteiger partial charge on any atom is 0.306 e. The minimum absolute atomic E-state index is 0.183. The molecule has 120 valence electrons. The molecule has 1 saturated carbocycles. The van der Waals surface area contributed by atoms with Crippen molar-refractivity contribution in [3.63, 3.8) is 0 Å². The normalized spacial score (nSPS) is 23.1. The van der Waals surface area contributed by atoms with Crippen LogP contribution >= 0.6 is 0 Å². The van der Waals surface area contributed by atoms with E-state index in [0.717, 1.165) is 4.90 Å². The topological polar surface area (TPSA) is 104 Å². The van der Waals surface area contributed by atoms with Gasteiger partial charge >= 0.3 is 5.97 Å². The lowest BCUT2D eigenvalue weighted by Gasteiger charge is -2.12. The van der Waals surface area contributed by atoms with Crippen molar-refractivity contribution in [3.05, 3.63) is 34.9 Å². The molecule has 1 fully saturated rings. The number of hydrogen-bond acceptors (Lipinski definition) is 4. The number of carboxylic acids is 1. The molecule has 1 heterocycles. The Morgan fingerprint density at radius 3 is 2.52 bits per heavy atom. The van der Waals surface area contributed by atoms with Crippen LogP contribution in [0, 0.1) is 5.92 Å². The van der Waals surface area contributed by atoms with Gasteiger partial charge in [-0.3, -0.25) is 24.1 Å². The highest BCUT2D eigenvalue weighted by atomic mass is 16.4. The molecule has 3 amide bonds. The zero-order valence-corrected chi connectivity index (χ0v) is 12.5. The van der Waals surface area contributed by atoms with Crippen molar-refractivity contribution in [2.45, 2.75) is 25.3 Å². The fraction of sp³-hybridized carbons (Fsp3) is 0.375. The molecule has 1 aromatic carbocycles. The molecule has 2 atom stereocenters. The van der Waals surface area contributed by atoms with Crippen molar-refractivity contribution in [1.29, 1.82) is 0 Å². The van der Waals surface area contributed by atoms with Gasteiger partial charge in [0.2, 0.25) is 0 Å². The summed E-state index contributed by atoms with van der Waals surface area (Å²) in [6.07, 6.45) is 1.57. The average Bonchev–Trinajstić information content (AvgIpc) is 3.07. The monoisotopic (exact) mass is 316 g/mol. The first kappa shape index (κ1) is 15.2. The predicted octanol–water partition coefficient (Wildman–Crippen LogP) is 0.895. The summed E-state index contributed by atoms with van der Waals surface area (Å²) in [5.41, 5.74) is 0.805. The summed E-state index contributed by atoms with van der Waals surface area (Å²) in [4.78, 5) is 48.0. The van der Waals surface area contributed by atoms with Crippen LogP contribution in [0.4, 0.5) is 0 Å². The zero-order chi connectivity index (χ0) is 16.7. The molecule has 0 aromatic heterocycles. The maximum absolute atomic E-state index is 12.3. The molecule has 0 bridgehead atoms. The number of aliphatic carboxylic acids is 1. The Morgan fingerprint density at radius 2 is 1.87 bits per heavy atom.